The highest BCUT2D eigenvalue weighted by molar-refractivity contribution is 6.36. The zero-order valence-electron chi connectivity index (χ0n) is 26.6. The van der Waals surface area contributed by atoms with Gasteiger partial charge in [0, 0.05) is 47.1 Å². The van der Waals surface area contributed by atoms with Gasteiger partial charge in [0.05, 0.1) is 42.1 Å². The van der Waals surface area contributed by atoms with Crippen LogP contribution in [0, 0.1) is 13.8 Å². The van der Waals surface area contributed by atoms with Gasteiger partial charge >= 0.3 is 0 Å². The highest BCUT2D eigenvalue weighted by atomic mass is 35.5. The molecule has 9 nitrogen and oxygen atoms in total. The molecule has 0 spiro atoms. The number of fused-ring (bicyclic) bond motifs is 2. The summed E-state index contributed by atoms with van der Waals surface area (Å²) in [6.45, 7) is 5.31. The van der Waals surface area contributed by atoms with Gasteiger partial charge in [0.25, 0.3) is 5.56 Å². The number of aliphatic hydroxyl groups excluding tert-OH is 1. The number of hydrogen-bond acceptors (Lipinski definition) is 8. The Balaban J connectivity index is 0.000000471. The number of benzene rings is 2. The number of aryl methyl sites for hydroxylation is 3. The van der Waals surface area contributed by atoms with E-state index in [1.54, 1.807) is 20.4 Å². The van der Waals surface area contributed by atoms with Crippen molar-refractivity contribution < 1.29 is 14.6 Å². The van der Waals surface area contributed by atoms with E-state index in [0.29, 0.717) is 28.7 Å². The van der Waals surface area contributed by atoms with E-state index in [4.69, 9.17) is 31.2 Å². The Morgan fingerprint density at radius 1 is 1.04 bits per heavy atom. The third kappa shape index (κ3) is 6.35. The molecule has 0 radical (unpaired) electrons. The molecule has 10 heteroatoms. The van der Waals surface area contributed by atoms with E-state index < -0.39 is 0 Å². The van der Waals surface area contributed by atoms with Crippen molar-refractivity contribution in [2.45, 2.75) is 52.1 Å². The maximum Gasteiger partial charge on any atom is 0.278 e. The molecule has 3 aromatic heterocycles. The zero-order valence-corrected chi connectivity index (χ0v) is 27.3. The van der Waals surface area contributed by atoms with Crippen LogP contribution in [-0.2, 0) is 24.6 Å². The van der Waals surface area contributed by atoms with Crippen molar-refractivity contribution in [3.8, 4) is 28.3 Å². The topological polar surface area (TPSA) is 111 Å². The summed E-state index contributed by atoms with van der Waals surface area (Å²) < 4.78 is 11.9. The summed E-state index contributed by atoms with van der Waals surface area (Å²) in [4.78, 5) is 22.4. The summed E-state index contributed by atoms with van der Waals surface area (Å²) in [5.41, 5.74) is 8.44. The van der Waals surface area contributed by atoms with Crippen molar-refractivity contribution in [2.75, 3.05) is 25.6 Å². The fourth-order valence-corrected chi connectivity index (χ4v) is 6.51. The maximum absolute atomic E-state index is 12.9. The first-order valence-electron chi connectivity index (χ1n) is 15.6. The van der Waals surface area contributed by atoms with Crippen molar-refractivity contribution in [3.63, 3.8) is 0 Å². The van der Waals surface area contributed by atoms with Crippen LogP contribution < -0.4 is 15.6 Å². The second kappa shape index (κ2) is 13.6. The number of methoxy groups -OCH3 is 1. The summed E-state index contributed by atoms with van der Waals surface area (Å²) in [6.07, 6.45) is 6.55. The highest BCUT2D eigenvalue weighted by Gasteiger charge is 2.21. The minimum absolute atomic E-state index is 0.186. The van der Waals surface area contributed by atoms with Crippen LogP contribution in [0.4, 0.5) is 11.5 Å². The molecule has 5 aromatic rings. The fourth-order valence-electron chi connectivity index (χ4n) is 6.18. The van der Waals surface area contributed by atoms with Gasteiger partial charge in [0.1, 0.15) is 5.82 Å². The smallest absolute Gasteiger partial charge is 0.278 e. The van der Waals surface area contributed by atoms with Crippen molar-refractivity contribution in [1.29, 1.82) is 0 Å². The number of rotatable bonds is 5. The molecular weight excluding hydrogens is 602 g/mol. The molecular formula is C36H38ClN5O4. The SMILES string of the molecule is COc1nc(-c2cccc(-c3cccc(Nc4nc(C)cc5cnn(C)c(=O)c45)c3C)c2Cl)cc2c1CCC2.OC1CCCOC1. The standard InChI is InChI=1S/C31H28ClN5O2.C5H10O2/c1-17-14-20-16-33-37(3)31(38)27(20)29(34-17)35-25-13-7-9-21(18(25)2)23-11-6-12-24(28(23)32)26-15-19-8-5-10-22(19)30(36-26)39-4;6-5-2-1-3-7-4-5/h6-7,9,11-16H,5,8,10H2,1-4H3,(H,34,35);5-6H,1-4H2. The fraction of sp³-hybridized carbons (Fsp3) is 0.333. The van der Waals surface area contributed by atoms with Crippen LogP contribution in [-0.4, -0.2) is 51.3 Å². The van der Waals surface area contributed by atoms with Gasteiger partial charge in [-0.1, -0.05) is 41.9 Å². The van der Waals surface area contributed by atoms with E-state index in [2.05, 4.69) is 21.5 Å². The molecule has 1 unspecified atom stereocenters. The number of halogens is 1. The van der Waals surface area contributed by atoms with Crippen LogP contribution in [0.5, 0.6) is 5.88 Å². The monoisotopic (exact) mass is 639 g/mol. The van der Waals surface area contributed by atoms with Crippen molar-refractivity contribution in [2.24, 2.45) is 7.05 Å². The van der Waals surface area contributed by atoms with E-state index in [9.17, 15) is 4.79 Å². The van der Waals surface area contributed by atoms with Crippen LogP contribution >= 0.6 is 11.6 Å². The van der Waals surface area contributed by atoms with Gasteiger partial charge in [-0.15, -0.1) is 0 Å². The Labute approximate surface area is 273 Å². The number of nitrogens with one attached hydrogen (secondary N) is 1. The minimum atomic E-state index is -0.204. The van der Waals surface area contributed by atoms with Crippen LogP contribution in [0.1, 0.15) is 41.6 Å². The zero-order chi connectivity index (χ0) is 32.4. The molecule has 2 N–H and O–H groups in total. The van der Waals surface area contributed by atoms with Crippen molar-refractivity contribution >= 4 is 33.9 Å². The summed E-state index contributed by atoms with van der Waals surface area (Å²) in [6, 6.07) is 16.0. The molecule has 238 valence electrons. The van der Waals surface area contributed by atoms with E-state index in [0.717, 1.165) is 83.4 Å². The van der Waals surface area contributed by atoms with Gasteiger partial charge < -0.3 is 19.9 Å². The van der Waals surface area contributed by atoms with E-state index in [-0.39, 0.29) is 11.7 Å². The molecule has 4 heterocycles. The summed E-state index contributed by atoms with van der Waals surface area (Å²) in [5.74, 6) is 1.19. The Morgan fingerprint density at radius 2 is 1.83 bits per heavy atom. The predicted molar refractivity (Wildman–Crippen MR) is 182 cm³/mol. The van der Waals surface area contributed by atoms with Crippen molar-refractivity contribution in [1.82, 2.24) is 19.7 Å². The summed E-state index contributed by atoms with van der Waals surface area (Å²) in [7, 11) is 3.31. The Hall–Kier alpha value is -4.31. The number of pyridine rings is 2. The molecule has 1 saturated heterocycles. The Bertz CT molecular complexity index is 1970. The molecule has 1 fully saturated rings. The lowest BCUT2D eigenvalue weighted by molar-refractivity contribution is -0.00535. The first kappa shape index (κ1) is 31.7. The quantitative estimate of drug-likeness (QED) is 0.218. The van der Waals surface area contributed by atoms with Gasteiger partial charge in [-0.3, -0.25) is 4.79 Å². The predicted octanol–water partition coefficient (Wildman–Crippen LogP) is 6.73. The average Bonchev–Trinajstić information content (AvgIpc) is 3.53. The van der Waals surface area contributed by atoms with Gasteiger partial charge in [-0.25, -0.2) is 14.6 Å². The second-order valence-electron chi connectivity index (χ2n) is 11.8. The highest BCUT2D eigenvalue weighted by Crippen LogP contribution is 2.41. The lowest BCUT2D eigenvalue weighted by Gasteiger charge is -2.17. The first-order chi connectivity index (χ1) is 22.2. The number of aliphatic hydroxyl groups is 1. The summed E-state index contributed by atoms with van der Waals surface area (Å²) >= 11 is 7.08. The van der Waals surface area contributed by atoms with E-state index >= 15 is 0 Å². The molecule has 46 heavy (non-hydrogen) atoms. The van der Waals surface area contributed by atoms with E-state index in [1.165, 1.54) is 15.8 Å². The number of aromatic nitrogens is 4. The molecule has 1 atom stereocenters. The van der Waals surface area contributed by atoms with Crippen LogP contribution in [0.15, 0.2) is 59.5 Å². The summed E-state index contributed by atoms with van der Waals surface area (Å²) in [5, 5.41) is 18.2. The largest absolute Gasteiger partial charge is 0.481 e. The van der Waals surface area contributed by atoms with Crippen molar-refractivity contribution in [3.05, 3.63) is 92.5 Å². The number of ether oxygens (including phenoxy) is 2. The molecule has 7 rings (SSSR count). The van der Waals surface area contributed by atoms with Crippen LogP contribution in [0.25, 0.3) is 33.2 Å². The molecule has 0 saturated carbocycles. The first-order valence-corrected chi connectivity index (χ1v) is 15.9. The maximum atomic E-state index is 12.9. The molecule has 2 aromatic carbocycles. The molecule has 1 aliphatic carbocycles. The lowest BCUT2D eigenvalue weighted by atomic mass is 9.96. The van der Waals surface area contributed by atoms with Gasteiger partial charge in [-0.05, 0) is 80.8 Å². The van der Waals surface area contributed by atoms with Gasteiger partial charge in [0.2, 0.25) is 5.88 Å². The normalized spacial score (nSPS) is 15.7. The average molecular weight is 640 g/mol. The number of anilines is 2. The third-order valence-electron chi connectivity index (χ3n) is 8.59. The number of nitrogens with zero attached hydrogens (tertiary/aromatic N) is 4. The second-order valence-corrected chi connectivity index (χ2v) is 12.2. The van der Waals surface area contributed by atoms with E-state index in [1.807, 2.05) is 56.3 Å². The molecule has 0 amide bonds. The lowest BCUT2D eigenvalue weighted by Crippen LogP contribution is -2.21. The van der Waals surface area contributed by atoms with Gasteiger partial charge in [0.15, 0.2) is 0 Å². The minimum Gasteiger partial charge on any atom is -0.481 e. The van der Waals surface area contributed by atoms with Gasteiger partial charge in [-0.2, -0.15) is 5.10 Å². The molecule has 1 aliphatic heterocycles. The van der Waals surface area contributed by atoms with Crippen LogP contribution in [0.3, 0.4) is 0 Å². The Kier molecular flexibility index (Phi) is 9.35. The van der Waals surface area contributed by atoms with Crippen LogP contribution in [0.2, 0.25) is 5.02 Å². The molecule has 0 bridgehead atoms. The number of hydrogen-bond donors (Lipinski definition) is 2. The Morgan fingerprint density at radius 3 is 2.57 bits per heavy atom. The molecule has 2 aliphatic rings. The third-order valence-corrected chi connectivity index (χ3v) is 9.00.